The van der Waals surface area contributed by atoms with E-state index in [2.05, 4.69) is 104 Å². The zero-order chi connectivity index (χ0) is 50.8. The SMILES string of the molecule is Cc1ccc(/C=N/c2cc3c(O)c(c2)Cc2cc(/N=C/c4ccc(C)cc4C)cc(c2O)Cc2cc(/N=C/c4ccc(C)cc4C)cc(c2O)Cc2cc(/N=C/c4ccc(C)cc4C)cc(c2O)C3)c(C)c1. The van der Waals surface area contributed by atoms with E-state index >= 15 is 0 Å². The first-order valence-corrected chi connectivity index (χ1v) is 24.4. The van der Waals surface area contributed by atoms with Crippen molar-refractivity contribution in [2.75, 3.05) is 0 Å². The molecule has 0 saturated carbocycles. The molecule has 72 heavy (non-hydrogen) atoms. The van der Waals surface area contributed by atoms with Crippen molar-refractivity contribution in [3.8, 4) is 23.0 Å². The smallest absolute Gasteiger partial charge is 0.122 e. The Bertz CT molecular complexity index is 3000. The zero-order valence-corrected chi connectivity index (χ0v) is 42.3. The van der Waals surface area contributed by atoms with Gasteiger partial charge in [0.2, 0.25) is 0 Å². The molecule has 8 bridgehead atoms. The summed E-state index contributed by atoms with van der Waals surface area (Å²) in [7, 11) is 0. The van der Waals surface area contributed by atoms with E-state index in [1.165, 1.54) is 0 Å². The third kappa shape index (κ3) is 11.0. The van der Waals surface area contributed by atoms with Crippen LogP contribution in [0.25, 0.3) is 0 Å². The van der Waals surface area contributed by atoms with Gasteiger partial charge in [0, 0.05) is 95.0 Å². The second-order valence-corrected chi connectivity index (χ2v) is 19.6. The summed E-state index contributed by atoms with van der Waals surface area (Å²) in [6, 6.07) is 39.6. The van der Waals surface area contributed by atoms with Gasteiger partial charge in [0.1, 0.15) is 23.0 Å². The van der Waals surface area contributed by atoms with Gasteiger partial charge >= 0.3 is 0 Å². The van der Waals surface area contributed by atoms with Crippen molar-refractivity contribution in [1.29, 1.82) is 0 Å². The number of benzene rings is 8. The van der Waals surface area contributed by atoms with E-state index in [1.54, 1.807) is 0 Å². The monoisotopic (exact) mass is 948 g/mol. The number of hydrogen-bond donors (Lipinski definition) is 4. The van der Waals surface area contributed by atoms with Crippen LogP contribution in [-0.4, -0.2) is 45.3 Å². The molecule has 0 aromatic heterocycles. The minimum Gasteiger partial charge on any atom is -0.507 e. The Morgan fingerprint density at radius 2 is 0.458 bits per heavy atom. The summed E-state index contributed by atoms with van der Waals surface area (Å²) in [5.74, 6) is 0.100. The molecule has 0 spiro atoms. The van der Waals surface area contributed by atoms with Gasteiger partial charge in [-0.3, -0.25) is 20.0 Å². The van der Waals surface area contributed by atoms with E-state index < -0.39 is 0 Å². The lowest BCUT2D eigenvalue weighted by molar-refractivity contribution is 0.450. The van der Waals surface area contributed by atoms with Crippen LogP contribution in [0, 0.1) is 55.4 Å². The first-order chi connectivity index (χ1) is 34.5. The van der Waals surface area contributed by atoms with Crippen LogP contribution >= 0.6 is 0 Å². The zero-order valence-electron chi connectivity index (χ0n) is 42.3. The van der Waals surface area contributed by atoms with Crippen molar-refractivity contribution in [3.63, 3.8) is 0 Å². The first kappa shape index (κ1) is 48.7. The van der Waals surface area contributed by atoms with Gasteiger partial charge < -0.3 is 20.4 Å². The molecule has 0 unspecified atom stereocenters. The minimum absolute atomic E-state index is 0.0250. The topological polar surface area (TPSA) is 130 Å². The normalized spacial score (nSPS) is 12.8. The molecule has 360 valence electrons. The summed E-state index contributed by atoms with van der Waals surface area (Å²) in [5, 5.41) is 49.4. The molecule has 8 nitrogen and oxygen atoms in total. The van der Waals surface area contributed by atoms with Crippen LogP contribution in [0.4, 0.5) is 22.7 Å². The number of aliphatic imine (C=N–C) groups is 4. The van der Waals surface area contributed by atoms with E-state index in [9.17, 15) is 20.4 Å². The standard InChI is InChI=1S/C64H60N4O4/c1-37-9-13-45(41(5)17-37)33-65-57-25-49-21-51-27-58(66-34-46-14-10-38(2)18-42(46)6)29-53(62(51)70)23-55-31-60(68-36-48-16-12-40(4)20-44(48)8)32-56(64(55)72)24-54-30-59(67-35-47-15-11-39(3)19-43(47)7)28-52(63(54)71)22-50(26-57)61(49)69/h9-20,25-36,69-72H,21-24H2,1-8H3/b65-33+,66-34+,67-35+,68-36+. The van der Waals surface area contributed by atoms with Gasteiger partial charge in [-0.15, -0.1) is 0 Å². The number of nitrogens with zero attached hydrogens (tertiary/aromatic N) is 4. The molecule has 0 amide bonds. The van der Waals surface area contributed by atoms with E-state index in [0.29, 0.717) is 67.3 Å². The Morgan fingerprint density at radius 3 is 0.625 bits per heavy atom. The van der Waals surface area contributed by atoms with Crippen LogP contribution in [0.2, 0.25) is 0 Å². The Kier molecular flexibility index (Phi) is 13.9. The van der Waals surface area contributed by atoms with Gasteiger partial charge in [-0.2, -0.15) is 0 Å². The van der Waals surface area contributed by atoms with Crippen molar-refractivity contribution in [3.05, 3.63) is 233 Å². The highest BCUT2D eigenvalue weighted by atomic mass is 16.3. The average Bonchev–Trinajstić information content (AvgIpc) is 3.33. The Hall–Kier alpha value is -8.36. The summed E-state index contributed by atoms with van der Waals surface area (Å²) in [5.41, 5.74) is 19.4. The third-order valence-corrected chi connectivity index (χ3v) is 13.6. The Morgan fingerprint density at radius 1 is 0.278 bits per heavy atom. The molecule has 8 aromatic rings. The third-order valence-electron chi connectivity index (χ3n) is 13.6. The van der Waals surface area contributed by atoms with Crippen LogP contribution in [0.5, 0.6) is 23.0 Å². The molecule has 1 aliphatic carbocycles. The van der Waals surface area contributed by atoms with E-state index in [0.717, 1.165) is 66.8 Å². The molecule has 4 N–H and O–H groups in total. The van der Waals surface area contributed by atoms with E-state index in [4.69, 9.17) is 20.0 Å². The first-order valence-electron chi connectivity index (χ1n) is 24.4. The fraction of sp³-hybridized carbons (Fsp3) is 0.188. The average molecular weight is 949 g/mol. The molecule has 0 heterocycles. The summed E-state index contributed by atoms with van der Waals surface area (Å²) >= 11 is 0. The van der Waals surface area contributed by atoms with E-state index in [1.807, 2.05) is 97.7 Å². The molecule has 9 rings (SSSR count). The lowest BCUT2D eigenvalue weighted by Gasteiger charge is -2.19. The molecule has 8 heteroatoms. The molecule has 0 aliphatic heterocycles. The molecule has 1 aliphatic rings. The number of aromatic hydroxyl groups is 4. The van der Waals surface area contributed by atoms with Crippen molar-refractivity contribution in [2.24, 2.45) is 20.0 Å². The highest BCUT2D eigenvalue weighted by Crippen LogP contribution is 2.42. The fourth-order valence-corrected chi connectivity index (χ4v) is 9.62. The molecule has 0 atom stereocenters. The summed E-state index contributed by atoms with van der Waals surface area (Å²) < 4.78 is 0. The van der Waals surface area contributed by atoms with Crippen LogP contribution in [0.15, 0.2) is 141 Å². The second-order valence-electron chi connectivity index (χ2n) is 19.6. The van der Waals surface area contributed by atoms with Crippen LogP contribution in [0.3, 0.4) is 0 Å². The van der Waals surface area contributed by atoms with Crippen LogP contribution in [-0.2, 0) is 25.7 Å². The predicted molar refractivity (Wildman–Crippen MR) is 296 cm³/mol. The largest absolute Gasteiger partial charge is 0.507 e. The summed E-state index contributed by atoms with van der Waals surface area (Å²) in [4.78, 5) is 19.9. The molecular formula is C64H60N4O4. The fourth-order valence-electron chi connectivity index (χ4n) is 9.62. The van der Waals surface area contributed by atoms with Crippen LogP contribution < -0.4 is 0 Å². The molecular weight excluding hydrogens is 889 g/mol. The number of phenols is 4. The number of aryl methyl sites for hydroxylation is 8. The van der Waals surface area contributed by atoms with Crippen molar-refractivity contribution in [1.82, 2.24) is 0 Å². The summed E-state index contributed by atoms with van der Waals surface area (Å²) in [6.45, 7) is 16.5. The van der Waals surface area contributed by atoms with Crippen molar-refractivity contribution in [2.45, 2.75) is 81.1 Å². The van der Waals surface area contributed by atoms with Crippen LogP contribution in [0.1, 0.15) is 111 Å². The molecule has 8 aromatic carbocycles. The highest BCUT2D eigenvalue weighted by Gasteiger charge is 2.22. The quantitative estimate of drug-likeness (QED) is 0.113. The van der Waals surface area contributed by atoms with E-state index in [-0.39, 0.29) is 48.7 Å². The number of hydrogen-bond acceptors (Lipinski definition) is 8. The molecule has 0 saturated heterocycles. The predicted octanol–water partition coefficient (Wildman–Crippen LogP) is 14.7. The maximum Gasteiger partial charge on any atom is 0.122 e. The maximum absolute atomic E-state index is 12.3. The minimum atomic E-state index is 0.0250. The van der Waals surface area contributed by atoms with Gasteiger partial charge in [0.25, 0.3) is 0 Å². The van der Waals surface area contributed by atoms with Gasteiger partial charge in [-0.1, -0.05) is 95.1 Å². The lowest BCUT2D eigenvalue weighted by Crippen LogP contribution is -2.01. The van der Waals surface area contributed by atoms with Gasteiger partial charge in [0.15, 0.2) is 0 Å². The van der Waals surface area contributed by atoms with Crippen molar-refractivity contribution < 1.29 is 20.4 Å². The molecule has 0 radical (unpaired) electrons. The number of phenolic OH excluding ortho intramolecular Hbond substituents is 4. The van der Waals surface area contributed by atoms with Crippen molar-refractivity contribution >= 4 is 47.6 Å². The lowest BCUT2D eigenvalue weighted by atomic mass is 9.90. The van der Waals surface area contributed by atoms with Gasteiger partial charge in [0.05, 0.1) is 22.7 Å². The second kappa shape index (κ2) is 20.5. The number of fused-ring (bicyclic) bond motifs is 8. The Labute approximate surface area is 422 Å². The highest BCUT2D eigenvalue weighted by molar-refractivity contribution is 5.87. The maximum atomic E-state index is 12.3. The van der Waals surface area contributed by atoms with Gasteiger partial charge in [-0.05, 0) is 148 Å². The Balaban J connectivity index is 1.25. The summed E-state index contributed by atoms with van der Waals surface area (Å²) in [6.07, 6.45) is 7.79. The number of rotatable bonds is 8. The van der Waals surface area contributed by atoms with Gasteiger partial charge in [-0.25, -0.2) is 0 Å². The molecule has 0 fully saturated rings.